The minimum atomic E-state index is -0.0961. The highest BCUT2D eigenvalue weighted by molar-refractivity contribution is 5.51. The first-order valence-electron chi connectivity index (χ1n) is 5.95. The summed E-state index contributed by atoms with van der Waals surface area (Å²) < 4.78 is 11.2. The number of ether oxygens (including phenoxy) is 2. The second-order valence-electron chi connectivity index (χ2n) is 4.66. The van der Waals surface area contributed by atoms with Crippen LogP contribution in [0, 0.1) is 0 Å². The van der Waals surface area contributed by atoms with Crippen molar-refractivity contribution < 1.29 is 9.47 Å². The minimum Gasteiger partial charge on any atom is -0.486 e. The second-order valence-corrected chi connectivity index (χ2v) is 4.66. The molecule has 3 nitrogen and oxygen atoms in total. The van der Waals surface area contributed by atoms with Crippen LogP contribution >= 0.6 is 0 Å². The number of fused-ring (bicyclic) bond motifs is 1. The number of nitrogens with two attached hydrogens (primary N) is 1. The van der Waals surface area contributed by atoms with Crippen LogP contribution in [-0.4, -0.2) is 13.2 Å². The van der Waals surface area contributed by atoms with Crippen molar-refractivity contribution in [2.45, 2.75) is 31.7 Å². The molecule has 2 aliphatic rings. The molecule has 3 rings (SSSR count). The van der Waals surface area contributed by atoms with Crippen molar-refractivity contribution in [1.29, 1.82) is 0 Å². The van der Waals surface area contributed by atoms with E-state index in [1.54, 1.807) is 0 Å². The number of benzene rings is 1. The summed E-state index contributed by atoms with van der Waals surface area (Å²) in [7, 11) is 0. The highest BCUT2D eigenvalue weighted by Crippen LogP contribution is 2.47. The van der Waals surface area contributed by atoms with E-state index >= 15 is 0 Å². The predicted molar refractivity (Wildman–Crippen MR) is 61.9 cm³/mol. The number of rotatable bonds is 2. The molecular formula is C13H17NO2. The van der Waals surface area contributed by atoms with E-state index in [4.69, 9.17) is 15.2 Å². The van der Waals surface area contributed by atoms with E-state index in [2.05, 4.69) is 19.1 Å². The quantitative estimate of drug-likeness (QED) is 0.827. The third-order valence-corrected chi connectivity index (χ3v) is 3.47. The van der Waals surface area contributed by atoms with Gasteiger partial charge in [-0.3, -0.25) is 0 Å². The van der Waals surface area contributed by atoms with E-state index in [1.165, 1.54) is 11.1 Å². The SMILES string of the molecule is CCc1cc2c(cc1C1(N)CC1)OCCO2. The van der Waals surface area contributed by atoms with E-state index in [0.29, 0.717) is 13.2 Å². The lowest BCUT2D eigenvalue weighted by Crippen LogP contribution is -2.22. The molecule has 0 saturated heterocycles. The van der Waals surface area contributed by atoms with Crippen molar-refractivity contribution in [3.05, 3.63) is 23.3 Å². The Morgan fingerprint density at radius 2 is 1.81 bits per heavy atom. The van der Waals surface area contributed by atoms with Crippen LogP contribution in [0.5, 0.6) is 11.5 Å². The average molecular weight is 219 g/mol. The van der Waals surface area contributed by atoms with Gasteiger partial charge in [0.05, 0.1) is 0 Å². The molecule has 1 saturated carbocycles. The molecule has 0 unspecified atom stereocenters. The fraction of sp³-hybridized carbons (Fsp3) is 0.538. The molecule has 2 N–H and O–H groups in total. The maximum absolute atomic E-state index is 6.28. The van der Waals surface area contributed by atoms with Gasteiger partial charge < -0.3 is 15.2 Å². The molecule has 1 aromatic rings. The fourth-order valence-electron chi connectivity index (χ4n) is 2.29. The topological polar surface area (TPSA) is 44.5 Å². The first-order valence-corrected chi connectivity index (χ1v) is 5.95. The maximum Gasteiger partial charge on any atom is 0.161 e. The van der Waals surface area contributed by atoms with Crippen LogP contribution in [0.1, 0.15) is 30.9 Å². The zero-order chi connectivity index (χ0) is 11.2. The van der Waals surface area contributed by atoms with Crippen molar-refractivity contribution in [3.63, 3.8) is 0 Å². The monoisotopic (exact) mass is 219 g/mol. The van der Waals surface area contributed by atoms with Gasteiger partial charge >= 0.3 is 0 Å². The van der Waals surface area contributed by atoms with Gasteiger partial charge in [-0.25, -0.2) is 0 Å². The van der Waals surface area contributed by atoms with Crippen LogP contribution in [0.2, 0.25) is 0 Å². The van der Waals surface area contributed by atoms with Gasteiger partial charge in [-0.15, -0.1) is 0 Å². The van der Waals surface area contributed by atoms with Crippen LogP contribution in [0.25, 0.3) is 0 Å². The van der Waals surface area contributed by atoms with Crippen molar-refractivity contribution >= 4 is 0 Å². The Bertz CT molecular complexity index is 424. The zero-order valence-corrected chi connectivity index (χ0v) is 9.58. The van der Waals surface area contributed by atoms with E-state index < -0.39 is 0 Å². The van der Waals surface area contributed by atoms with Crippen molar-refractivity contribution in [2.24, 2.45) is 5.73 Å². The predicted octanol–water partition coefficient (Wildman–Crippen LogP) is 1.97. The lowest BCUT2D eigenvalue weighted by atomic mass is 9.96. The number of hydrogen-bond donors (Lipinski definition) is 1. The standard InChI is InChI=1S/C13H17NO2/c1-2-9-7-11-12(16-6-5-15-11)8-10(9)13(14)3-4-13/h7-8H,2-6,14H2,1H3. The van der Waals surface area contributed by atoms with E-state index in [0.717, 1.165) is 30.8 Å². The largest absolute Gasteiger partial charge is 0.486 e. The molecule has 0 atom stereocenters. The highest BCUT2D eigenvalue weighted by Gasteiger charge is 2.42. The first-order chi connectivity index (χ1) is 7.73. The lowest BCUT2D eigenvalue weighted by molar-refractivity contribution is 0.171. The molecule has 0 amide bonds. The van der Waals surface area contributed by atoms with Crippen LogP contribution in [0.4, 0.5) is 0 Å². The summed E-state index contributed by atoms with van der Waals surface area (Å²) in [5, 5.41) is 0. The van der Waals surface area contributed by atoms with Crippen molar-refractivity contribution in [3.8, 4) is 11.5 Å². The molecule has 3 heteroatoms. The van der Waals surface area contributed by atoms with Gasteiger partial charge in [0, 0.05) is 5.54 Å². The first kappa shape index (κ1) is 9.97. The van der Waals surface area contributed by atoms with Crippen LogP contribution in [0.3, 0.4) is 0 Å². The summed E-state index contributed by atoms with van der Waals surface area (Å²) in [5.41, 5.74) is 8.73. The summed E-state index contributed by atoms with van der Waals surface area (Å²) >= 11 is 0. The van der Waals surface area contributed by atoms with Crippen molar-refractivity contribution in [1.82, 2.24) is 0 Å². The summed E-state index contributed by atoms with van der Waals surface area (Å²) in [4.78, 5) is 0. The van der Waals surface area contributed by atoms with E-state index in [9.17, 15) is 0 Å². The molecule has 86 valence electrons. The minimum absolute atomic E-state index is 0.0961. The Hall–Kier alpha value is -1.22. The summed E-state index contributed by atoms with van der Waals surface area (Å²) in [6.07, 6.45) is 3.16. The van der Waals surface area contributed by atoms with Crippen LogP contribution in [0.15, 0.2) is 12.1 Å². The molecule has 1 aliphatic heterocycles. The normalized spacial score (nSPS) is 20.6. The molecule has 1 fully saturated rings. The number of aryl methyl sites for hydroxylation is 1. The van der Waals surface area contributed by atoms with Gasteiger partial charge in [0.25, 0.3) is 0 Å². The van der Waals surface area contributed by atoms with Crippen LogP contribution < -0.4 is 15.2 Å². The van der Waals surface area contributed by atoms with Gasteiger partial charge in [0.15, 0.2) is 11.5 Å². The Labute approximate surface area is 95.5 Å². The summed E-state index contributed by atoms with van der Waals surface area (Å²) in [6.45, 7) is 3.43. The van der Waals surface area contributed by atoms with Gasteiger partial charge in [0.2, 0.25) is 0 Å². The Morgan fingerprint density at radius 1 is 1.19 bits per heavy atom. The van der Waals surface area contributed by atoms with Crippen LogP contribution in [-0.2, 0) is 12.0 Å². The summed E-state index contributed by atoms with van der Waals surface area (Å²) in [5.74, 6) is 1.73. The molecule has 0 aromatic heterocycles. The third kappa shape index (κ3) is 1.47. The smallest absolute Gasteiger partial charge is 0.161 e. The lowest BCUT2D eigenvalue weighted by Gasteiger charge is -2.23. The number of hydrogen-bond acceptors (Lipinski definition) is 3. The average Bonchev–Trinajstić information content (AvgIpc) is 3.07. The second kappa shape index (κ2) is 3.39. The van der Waals surface area contributed by atoms with Crippen molar-refractivity contribution in [2.75, 3.05) is 13.2 Å². The fourth-order valence-corrected chi connectivity index (χ4v) is 2.29. The van der Waals surface area contributed by atoms with Gasteiger partial charge in [0.1, 0.15) is 13.2 Å². The summed E-state index contributed by atoms with van der Waals surface area (Å²) in [6, 6.07) is 4.18. The maximum atomic E-state index is 6.28. The Balaban J connectivity index is 2.09. The molecule has 1 aliphatic carbocycles. The Kier molecular flexibility index (Phi) is 2.11. The highest BCUT2D eigenvalue weighted by atomic mass is 16.6. The Morgan fingerprint density at radius 3 is 2.38 bits per heavy atom. The van der Waals surface area contributed by atoms with Gasteiger partial charge in [-0.1, -0.05) is 6.92 Å². The van der Waals surface area contributed by atoms with E-state index in [-0.39, 0.29) is 5.54 Å². The molecule has 0 radical (unpaired) electrons. The van der Waals surface area contributed by atoms with Gasteiger partial charge in [-0.05, 0) is 42.5 Å². The third-order valence-electron chi connectivity index (χ3n) is 3.47. The van der Waals surface area contributed by atoms with Gasteiger partial charge in [-0.2, -0.15) is 0 Å². The molecular weight excluding hydrogens is 202 g/mol. The molecule has 0 spiro atoms. The van der Waals surface area contributed by atoms with E-state index in [1.807, 2.05) is 0 Å². The molecule has 1 aromatic carbocycles. The molecule has 0 bridgehead atoms. The molecule has 1 heterocycles. The zero-order valence-electron chi connectivity index (χ0n) is 9.58. The molecule has 16 heavy (non-hydrogen) atoms.